The Morgan fingerprint density at radius 2 is 2.13 bits per heavy atom. The number of benzene rings is 1. The van der Waals surface area contributed by atoms with Gasteiger partial charge in [0.25, 0.3) is 5.56 Å². The van der Waals surface area contributed by atoms with E-state index in [4.69, 9.17) is 4.74 Å². The summed E-state index contributed by atoms with van der Waals surface area (Å²) in [6.45, 7) is 2.52. The Bertz CT molecular complexity index is 897. The van der Waals surface area contributed by atoms with Crippen molar-refractivity contribution in [1.29, 1.82) is 0 Å². The van der Waals surface area contributed by atoms with E-state index >= 15 is 0 Å². The zero-order chi connectivity index (χ0) is 16.4. The molecule has 0 fully saturated rings. The Kier molecular flexibility index (Phi) is 4.01. The van der Waals surface area contributed by atoms with Crippen molar-refractivity contribution >= 4 is 16.9 Å². The van der Waals surface area contributed by atoms with Gasteiger partial charge >= 0.3 is 0 Å². The molecule has 0 spiro atoms. The van der Waals surface area contributed by atoms with E-state index in [9.17, 15) is 4.79 Å². The van der Waals surface area contributed by atoms with Crippen LogP contribution < -0.4 is 15.6 Å². The molecule has 120 valence electrons. The van der Waals surface area contributed by atoms with Crippen LogP contribution in [-0.4, -0.2) is 26.9 Å². The van der Waals surface area contributed by atoms with Gasteiger partial charge in [-0.3, -0.25) is 9.78 Å². The van der Waals surface area contributed by atoms with Crippen molar-refractivity contribution < 1.29 is 4.74 Å². The molecule has 2 aromatic heterocycles. The van der Waals surface area contributed by atoms with E-state index in [0.29, 0.717) is 29.3 Å². The molecule has 2 N–H and O–H groups in total. The number of aromatic nitrogens is 4. The van der Waals surface area contributed by atoms with E-state index in [2.05, 4.69) is 20.4 Å². The first-order chi connectivity index (χ1) is 11.1. The largest absolute Gasteiger partial charge is 0.481 e. The lowest BCUT2D eigenvalue weighted by atomic mass is 10.2. The Balaban J connectivity index is 1.91. The lowest BCUT2D eigenvalue weighted by Crippen LogP contribution is -2.13. The third-order valence-corrected chi connectivity index (χ3v) is 3.74. The van der Waals surface area contributed by atoms with Crippen LogP contribution in [0.3, 0.4) is 0 Å². The number of methoxy groups -OCH3 is 1. The van der Waals surface area contributed by atoms with Crippen LogP contribution in [0.4, 0.5) is 5.95 Å². The normalized spacial score (nSPS) is 10.9. The molecule has 7 heteroatoms. The second-order valence-electron chi connectivity index (χ2n) is 5.20. The highest BCUT2D eigenvalue weighted by molar-refractivity contribution is 5.78. The van der Waals surface area contributed by atoms with E-state index in [1.165, 1.54) is 0 Å². The second-order valence-corrected chi connectivity index (χ2v) is 5.20. The smallest absolute Gasteiger partial charge is 0.260 e. The molecule has 0 aliphatic rings. The summed E-state index contributed by atoms with van der Waals surface area (Å²) in [5.41, 5.74) is 2.42. The molecule has 0 saturated carbocycles. The Hall–Kier alpha value is -2.83. The van der Waals surface area contributed by atoms with Crippen LogP contribution in [0.2, 0.25) is 0 Å². The number of aromatic amines is 1. The Morgan fingerprint density at radius 1 is 1.35 bits per heavy atom. The standard InChI is InChI=1S/C16H19N5O2/c1-4-12-11(15(23-3)21(2)20-12)9-17-16-18-13-8-6-5-7-10(13)14(22)19-16/h5-8H,4,9H2,1-3H3,(H2,17,18,19,22). The summed E-state index contributed by atoms with van der Waals surface area (Å²) in [6.07, 6.45) is 0.801. The van der Waals surface area contributed by atoms with Gasteiger partial charge in [0.1, 0.15) is 0 Å². The van der Waals surface area contributed by atoms with Gasteiger partial charge in [0.2, 0.25) is 11.8 Å². The summed E-state index contributed by atoms with van der Waals surface area (Å²) in [5, 5.41) is 8.17. The first-order valence-corrected chi connectivity index (χ1v) is 7.45. The van der Waals surface area contributed by atoms with Crippen molar-refractivity contribution in [3.63, 3.8) is 0 Å². The number of ether oxygens (including phenoxy) is 1. The van der Waals surface area contributed by atoms with E-state index in [0.717, 1.165) is 17.7 Å². The molecule has 23 heavy (non-hydrogen) atoms. The molecule has 0 aliphatic carbocycles. The van der Waals surface area contributed by atoms with E-state index in [1.54, 1.807) is 17.9 Å². The van der Waals surface area contributed by atoms with Crippen LogP contribution in [0.15, 0.2) is 29.1 Å². The van der Waals surface area contributed by atoms with Crippen LogP contribution in [-0.2, 0) is 20.0 Å². The minimum atomic E-state index is -0.160. The van der Waals surface area contributed by atoms with Gasteiger partial charge in [-0.05, 0) is 18.6 Å². The molecule has 3 aromatic rings. The molecule has 3 rings (SSSR count). The van der Waals surface area contributed by atoms with Crippen LogP contribution in [0.1, 0.15) is 18.2 Å². The van der Waals surface area contributed by atoms with Crippen molar-refractivity contribution in [1.82, 2.24) is 19.7 Å². The predicted molar refractivity (Wildman–Crippen MR) is 88.8 cm³/mol. The van der Waals surface area contributed by atoms with Crippen LogP contribution >= 0.6 is 0 Å². The quantitative estimate of drug-likeness (QED) is 0.751. The minimum Gasteiger partial charge on any atom is -0.481 e. The molecule has 1 aromatic carbocycles. The summed E-state index contributed by atoms with van der Waals surface area (Å²) in [4.78, 5) is 19.3. The van der Waals surface area contributed by atoms with Crippen molar-refractivity contribution in [3.05, 3.63) is 45.9 Å². The van der Waals surface area contributed by atoms with E-state index < -0.39 is 0 Å². The molecular weight excluding hydrogens is 294 g/mol. The van der Waals surface area contributed by atoms with Crippen molar-refractivity contribution in [2.45, 2.75) is 19.9 Å². The summed E-state index contributed by atoms with van der Waals surface area (Å²) in [6, 6.07) is 7.25. The maximum atomic E-state index is 12.1. The number of anilines is 1. The van der Waals surface area contributed by atoms with Gasteiger partial charge in [0, 0.05) is 7.05 Å². The average molecular weight is 313 g/mol. The fourth-order valence-electron chi connectivity index (χ4n) is 2.66. The molecule has 0 atom stereocenters. The number of H-pyrrole nitrogens is 1. The van der Waals surface area contributed by atoms with Gasteiger partial charge in [-0.1, -0.05) is 19.1 Å². The number of hydrogen-bond donors (Lipinski definition) is 2. The van der Waals surface area contributed by atoms with Gasteiger partial charge in [0.15, 0.2) is 0 Å². The molecule has 0 amide bonds. The molecule has 7 nitrogen and oxygen atoms in total. The lowest BCUT2D eigenvalue weighted by Gasteiger charge is -2.08. The maximum Gasteiger partial charge on any atom is 0.260 e. The first kappa shape index (κ1) is 15.1. The van der Waals surface area contributed by atoms with E-state index in [-0.39, 0.29) is 5.56 Å². The third kappa shape index (κ3) is 2.77. The van der Waals surface area contributed by atoms with Crippen molar-refractivity contribution in [3.8, 4) is 5.88 Å². The fraction of sp³-hybridized carbons (Fsp3) is 0.312. The number of nitrogens with one attached hydrogen (secondary N) is 2. The van der Waals surface area contributed by atoms with Crippen molar-refractivity contribution in [2.75, 3.05) is 12.4 Å². The zero-order valence-electron chi connectivity index (χ0n) is 13.4. The number of aryl methyl sites for hydroxylation is 2. The van der Waals surface area contributed by atoms with Gasteiger partial charge in [0.05, 0.1) is 35.8 Å². The summed E-state index contributed by atoms with van der Waals surface area (Å²) in [7, 11) is 3.47. The zero-order valence-corrected chi connectivity index (χ0v) is 13.4. The number of hydrogen-bond acceptors (Lipinski definition) is 5. The summed E-state index contributed by atoms with van der Waals surface area (Å²) in [5.74, 6) is 1.14. The number of fused-ring (bicyclic) bond motifs is 1. The Labute approximate surface area is 133 Å². The first-order valence-electron chi connectivity index (χ1n) is 7.45. The van der Waals surface area contributed by atoms with Gasteiger partial charge < -0.3 is 10.1 Å². The second kappa shape index (κ2) is 6.12. The highest BCUT2D eigenvalue weighted by Crippen LogP contribution is 2.22. The highest BCUT2D eigenvalue weighted by Gasteiger charge is 2.15. The maximum absolute atomic E-state index is 12.1. The van der Waals surface area contributed by atoms with Crippen LogP contribution in [0, 0.1) is 0 Å². The minimum absolute atomic E-state index is 0.160. The lowest BCUT2D eigenvalue weighted by molar-refractivity contribution is 0.369. The van der Waals surface area contributed by atoms with Gasteiger partial charge in [-0.2, -0.15) is 5.10 Å². The molecule has 0 saturated heterocycles. The molecule has 0 bridgehead atoms. The van der Waals surface area contributed by atoms with E-state index in [1.807, 2.05) is 32.2 Å². The highest BCUT2D eigenvalue weighted by atomic mass is 16.5. The Morgan fingerprint density at radius 3 is 2.87 bits per heavy atom. The molecule has 0 unspecified atom stereocenters. The number of para-hydroxylation sites is 1. The van der Waals surface area contributed by atoms with Crippen LogP contribution in [0.25, 0.3) is 10.9 Å². The number of nitrogens with zero attached hydrogens (tertiary/aromatic N) is 3. The molecular formula is C16H19N5O2. The van der Waals surface area contributed by atoms with Crippen LogP contribution in [0.5, 0.6) is 5.88 Å². The molecule has 0 radical (unpaired) electrons. The summed E-state index contributed by atoms with van der Waals surface area (Å²) < 4.78 is 7.12. The fourth-order valence-corrected chi connectivity index (χ4v) is 2.66. The third-order valence-electron chi connectivity index (χ3n) is 3.74. The summed E-state index contributed by atoms with van der Waals surface area (Å²) >= 11 is 0. The SMILES string of the molecule is CCc1nn(C)c(OC)c1CNc1nc2ccccc2c(=O)[nH]1. The molecule has 2 heterocycles. The molecule has 0 aliphatic heterocycles. The predicted octanol–water partition coefficient (Wildman–Crippen LogP) is 1.84. The van der Waals surface area contributed by atoms with Crippen molar-refractivity contribution in [2.24, 2.45) is 7.05 Å². The topological polar surface area (TPSA) is 84.8 Å². The monoisotopic (exact) mass is 313 g/mol. The van der Waals surface area contributed by atoms with Gasteiger partial charge in [-0.25, -0.2) is 9.67 Å². The van der Waals surface area contributed by atoms with Gasteiger partial charge in [-0.15, -0.1) is 0 Å². The average Bonchev–Trinajstić information content (AvgIpc) is 2.87. The number of rotatable bonds is 5.